The molecule has 1 aromatic rings. The molecular formula is C6H10N4O. The number of aromatic amines is 1. The Hall–Kier alpha value is -1.52. The maximum absolute atomic E-state index is 11.0. The summed E-state index contributed by atoms with van der Waals surface area (Å²) in [5, 5.41) is 8.88. The Balaban J connectivity index is 2.50. The van der Waals surface area contributed by atoms with Crippen molar-refractivity contribution in [3.05, 3.63) is 12.3 Å². The highest BCUT2D eigenvalue weighted by Gasteiger charge is 2.02. The Morgan fingerprint density at radius 1 is 1.73 bits per heavy atom. The molecule has 5 nitrogen and oxygen atoms in total. The summed E-state index contributed by atoms with van der Waals surface area (Å²) in [5.41, 5.74) is 0. The Kier molecular flexibility index (Phi) is 2.10. The molecule has 2 amide bonds. The van der Waals surface area contributed by atoms with E-state index in [1.165, 1.54) is 4.90 Å². The molecule has 0 saturated heterocycles. The molecule has 0 atom stereocenters. The standard InChI is InChI=1S/C6H10N4O/c1-10(2)6(11)8-5-3-4-7-9-5/h3-4H,1-2H3,(H2,7,8,9,11). The fraction of sp³-hybridized carbons (Fsp3) is 0.333. The van der Waals surface area contributed by atoms with Gasteiger partial charge in [0.1, 0.15) is 5.82 Å². The van der Waals surface area contributed by atoms with E-state index in [0.29, 0.717) is 5.82 Å². The van der Waals surface area contributed by atoms with Crippen molar-refractivity contribution in [3.8, 4) is 0 Å². The molecule has 0 unspecified atom stereocenters. The number of nitrogens with zero attached hydrogens (tertiary/aromatic N) is 2. The van der Waals surface area contributed by atoms with Gasteiger partial charge in [-0.3, -0.25) is 10.4 Å². The van der Waals surface area contributed by atoms with Crippen molar-refractivity contribution in [1.82, 2.24) is 15.1 Å². The second-order valence-electron chi connectivity index (χ2n) is 2.29. The van der Waals surface area contributed by atoms with Crippen LogP contribution in [0.4, 0.5) is 10.6 Å². The molecule has 0 aliphatic heterocycles. The van der Waals surface area contributed by atoms with Crippen LogP contribution in [0.5, 0.6) is 0 Å². The average molecular weight is 154 g/mol. The first-order valence-corrected chi connectivity index (χ1v) is 3.18. The highest BCUT2D eigenvalue weighted by atomic mass is 16.2. The highest BCUT2D eigenvalue weighted by molar-refractivity contribution is 5.87. The zero-order valence-corrected chi connectivity index (χ0v) is 6.46. The fourth-order valence-electron chi connectivity index (χ4n) is 0.553. The molecule has 0 aliphatic carbocycles. The van der Waals surface area contributed by atoms with E-state index in [1.807, 2.05) is 0 Å². The molecule has 0 saturated carbocycles. The Labute approximate surface area is 64.4 Å². The monoisotopic (exact) mass is 154 g/mol. The largest absolute Gasteiger partial charge is 0.331 e. The van der Waals surface area contributed by atoms with Gasteiger partial charge in [0.05, 0.1) is 6.20 Å². The van der Waals surface area contributed by atoms with Gasteiger partial charge in [0.25, 0.3) is 0 Å². The predicted octanol–water partition coefficient (Wildman–Crippen LogP) is 0.503. The second-order valence-corrected chi connectivity index (χ2v) is 2.29. The molecule has 2 N–H and O–H groups in total. The molecule has 60 valence electrons. The van der Waals surface area contributed by atoms with Crippen molar-refractivity contribution in [3.63, 3.8) is 0 Å². The van der Waals surface area contributed by atoms with Gasteiger partial charge in [0, 0.05) is 20.2 Å². The van der Waals surface area contributed by atoms with E-state index in [2.05, 4.69) is 15.5 Å². The van der Waals surface area contributed by atoms with Crippen LogP contribution in [0.1, 0.15) is 0 Å². The van der Waals surface area contributed by atoms with Gasteiger partial charge in [-0.2, -0.15) is 5.10 Å². The third-order valence-electron chi connectivity index (χ3n) is 1.15. The molecule has 1 heterocycles. The van der Waals surface area contributed by atoms with E-state index in [0.717, 1.165) is 0 Å². The quantitative estimate of drug-likeness (QED) is 0.618. The van der Waals surface area contributed by atoms with Crippen LogP contribution < -0.4 is 5.32 Å². The number of carbonyl (C=O) groups excluding carboxylic acids is 1. The third kappa shape index (κ3) is 1.96. The van der Waals surface area contributed by atoms with Crippen molar-refractivity contribution < 1.29 is 4.79 Å². The first-order valence-electron chi connectivity index (χ1n) is 3.18. The zero-order valence-electron chi connectivity index (χ0n) is 6.46. The molecule has 0 bridgehead atoms. The molecule has 0 radical (unpaired) electrons. The summed E-state index contributed by atoms with van der Waals surface area (Å²) >= 11 is 0. The molecule has 0 aliphatic rings. The van der Waals surface area contributed by atoms with Crippen molar-refractivity contribution in [2.75, 3.05) is 19.4 Å². The lowest BCUT2D eigenvalue weighted by Gasteiger charge is -2.09. The summed E-state index contributed by atoms with van der Waals surface area (Å²) in [7, 11) is 3.34. The van der Waals surface area contributed by atoms with Crippen molar-refractivity contribution in [2.45, 2.75) is 0 Å². The molecule has 1 aromatic heterocycles. The van der Waals surface area contributed by atoms with Gasteiger partial charge in [-0.05, 0) is 0 Å². The maximum Gasteiger partial charge on any atom is 0.322 e. The van der Waals surface area contributed by atoms with E-state index >= 15 is 0 Å². The van der Waals surface area contributed by atoms with Gasteiger partial charge < -0.3 is 4.90 Å². The number of urea groups is 1. The van der Waals surface area contributed by atoms with Gasteiger partial charge in [0.15, 0.2) is 0 Å². The lowest BCUT2D eigenvalue weighted by atomic mass is 10.6. The van der Waals surface area contributed by atoms with E-state index < -0.39 is 0 Å². The van der Waals surface area contributed by atoms with Crippen LogP contribution in [0.25, 0.3) is 0 Å². The van der Waals surface area contributed by atoms with Crippen LogP contribution in [0.3, 0.4) is 0 Å². The summed E-state index contributed by atoms with van der Waals surface area (Å²) in [4.78, 5) is 12.4. The summed E-state index contributed by atoms with van der Waals surface area (Å²) in [6.45, 7) is 0. The molecule has 0 spiro atoms. The molecule has 0 aromatic carbocycles. The van der Waals surface area contributed by atoms with Gasteiger partial charge in [-0.15, -0.1) is 0 Å². The minimum absolute atomic E-state index is 0.172. The van der Waals surface area contributed by atoms with Crippen molar-refractivity contribution in [2.24, 2.45) is 0 Å². The zero-order chi connectivity index (χ0) is 8.27. The minimum Gasteiger partial charge on any atom is -0.331 e. The van der Waals surface area contributed by atoms with Crippen LogP contribution in [-0.4, -0.2) is 35.2 Å². The van der Waals surface area contributed by atoms with Crippen LogP contribution in [-0.2, 0) is 0 Å². The van der Waals surface area contributed by atoms with E-state index in [9.17, 15) is 4.79 Å². The first kappa shape index (κ1) is 7.59. The van der Waals surface area contributed by atoms with Crippen LogP contribution in [0.2, 0.25) is 0 Å². The number of amides is 2. The lowest BCUT2D eigenvalue weighted by Crippen LogP contribution is -2.27. The van der Waals surface area contributed by atoms with Crippen molar-refractivity contribution in [1.29, 1.82) is 0 Å². The highest BCUT2D eigenvalue weighted by Crippen LogP contribution is 1.98. The first-order chi connectivity index (χ1) is 5.20. The van der Waals surface area contributed by atoms with Gasteiger partial charge in [-0.25, -0.2) is 4.79 Å². The van der Waals surface area contributed by atoms with E-state index in [-0.39, 0.29) is 6.03 Å². The van der Waals surface area contributed by atoms with E-state index in [1.54, 1.807) is 26.4 Å². The Bertz CT molecular complexity index is 229. The third-order valence-corrected chi connectivity index (χ3v) is 1.15. The van der Waals surface area contributed by atoms with Crippen molar-refractivity contribution >= 4 is 11.8 Å². The molecule has 11 heavy (non-hydrogen) atoms. The number of nitrogens with one attached hydrogen (secondary N) is 2. The number of aromatic nitrogens is 2. The summed E-state index contributed by atoms with van der Waals surface area (Å²) in [6, 6.07) is 1.51. The number of rotatable bonds is 1. The van der Waals surface area contributed by atoms with Gasteiger partial charge in [-0.1, -0.05) is 0 Å². The number of hydrogen-bond donors (Lipinski definition) is 2. The number of anilines is 1. The number of H-pyrrole nitrogens is 1. The predicted molar refractivity (Wildman–Crippen MR) is 41.3 cm³/mol. The molecule has 0 fully saturated rings. The SMILES string of the molecule is CN(C)C(=O)Nc1ccn[nH]1. The molecule has 5 heteroatoms. The summed E-state index contributed by atoms with van der Waals surface area (Å²) in [5.74, 6) is 0.601. The van der Waals surface area contributed by atoms with Crippen LogP contribution >= 0.6 is 0 Å². The maximum atomic E-state index is 11.0. The molecular weight excluding hydrogens is 144 g/mol. The Morgan fingerprint density at radius 3 is 2.91 bits per heavy atom. The Morgan fingerprint density at radius 2 is 2.45 bits per heavy atom. The average Bonchev–Trinajstić information content (AvgIpc) is 2.39. The van der Waals surface area contributed by atoms with Crippen LogP contribution in [0, 0.1) is 0 Å². The van der Waals surface area contributed by atoms with Gasteiger partial charge in [0.2, 0.25) is 0 Å². The number of carbonyl (C=O) groups is 1. The minimum atomic E-state index is -0.172. The smallest absolute Gasteiger partial charge is 0.322 e. The topological polar surface area (TPSA) is 61.0 Å². The molecule has 1 rings (SSSR count). The summed E-state index contributed by atoms with van der Waals surface area (Å²) in [6.07, 6.45) is 1.57. The normalized spacial score (nSPS) is 9.27. The lowest BCUT2D eigenvalue weighted by molar-refractivity contribution is 0.230. The number of hydrogen-bond acceptors (Lipinski definition) is 2. The second kappa shape index (κ2) is 3.05. The van der Waals surface area contributed by atoms with Gasteiger partial charge >= 0.3 is 6.03 Å². The van der Waals surface area contributed by atoms with E-state index in [4.69, 9.17) is 0 Å². The van der Waals surface area contributed by atoms with Crippen LogP contribution in [0.15, 0.2) is 12.3 Å². The summed E-state index contributed by atoms with van der Waals surface area (Å²) < 4.78 is 0. The fourth-order valence-corrected chi connectivity index (χ4v) is 0.553.